The molecule has 0 radical (unpaired) electrons. The summed E-state index contributed by atoms with van der Waals surface area (Å²) in [7, 11) is 0. The lowest BCUT2D eigenvalue weighted by atomic mass is 10.1. The van der Waals surface area contributed by atoms with Crippen molar-refractivity contribution in [3.8, 4) is 0 Å². The summed E-state index contributed by atoms with van der Waals surface area (Å²) in [5, 5.41) is 7.03. The van der Waals surface area contributed by atoms with Gasteiger partial charge in [0, 0.05) is 37.7 Å². The molecular weight excluding hydrogens is 306 g/mol. The molecule has 24 heavy (non-hydrogen) atoms. The summed E-state index contributed by atoms with van der Waals surface area (Å²) < 4.78 is 5.27. The van der Waals surface area contributed by atoms with Crippen LogP contribution in [-0.2, 0) is 6.54 Å². The number of nitrogens with zero attached hydrogens (tertiary/aromatic N) is 3. The Morgan fingerprint density at radius 3 is 3.00 bits per heavy atom. The van der Waals surface area contributed by atoms with Crippen LogP contribution < -0.4 is 5.32 Å². The van der Waals surface area contributed by atoms with Crippen LogP contribution in [0.2, 0.25) is 0 Å². The summed E-state index contributed by atoms with van der Waals surface area (Å²) in [6.45, 7) is 6.79. The van der Waals surface area contributed by atoms with Crippen LogP contribution >= 0.6 is 0 Å². The second kappa shape index (κ2) is 6.05. The number of imidazole rings is 1. The first kappa shape index (κ1) is 15.4. The van der Waals surface area contributed by atoms with Crippen molar-refractivity contribution in [2.75, 3.05) is 13.1 Å². The number of H-pyrrole nitrogens is 1. The Kier molecular flexibility index (Phi) is 3.88. The Bertz CT molecular complexity index is 733. The molecule has 1 saturated heterocycles. The number of hydrogen-bond donors (Lipinski definition) is 2. The van der Waals surface area contributed by atoms with Gasteiger partial charge in [0.25, 0.3) is 5.91 Å². The van der Waals surface area contributed by atoms with Gasteiger partial charge >= 0.3 is 0 Å². The molecule has 1 amide bonds. The molecule has 0 spiro atoms. The molecule has 2 N–H and O–H groups in total. The van der Waals surface area contributed by atoms with Gasteiger partial charge in [-0.2, -0.15) is 0 Å². The number of aryl methyl sites for hydroxylation is 1. The minimum Gasteiger partial charge on any atom is -0.360 e. The average Bonchev–Trinajstić information content (AvgIpc) is 2.98. The number of carbonyl (C=O) groups is 1. The zero-order valence-electron chi connectivity index (χ0n) is 14.1. The highest BCUT2D eigenvalue weighted by Gasteiger charge is 2.33. The molecule has 1 aliphatic heterocycles. The van der Waals surface area contributed by atoms with Crippen molar-refractivity contribution < 1.29 is 9.32 Å². The molecule has 2 atom stereocenters. The first-order valence-electron chi connectivity index (χ1n) is 8.59. The fraction of sp³-hybridized carbons (Fsp3) is 0.588. The van der Waals surface area contributed by atoms with Crippen molar-refractivity contribution >= 4 is 5.91 Å². The summed E-state index contributed by atoms with van der Waals surface area (Å²) in [5.74, 6) is 1.57. The number of aromatic amines is 1. The number of carbonyl (C=O) groups excluding carboxylic acids is 1. The maximum Gasteiger partial charge on any atom is 0.273 e. The van der Waals surface area contributed by atoms with E-state index in [-0.39, 0.29) is 11.9 Å². The number of rotatable bonds is 5. The van der Waals surface area contributed by atoms with Crippen LogP contribution in [0.3, 0.4) is 0 Å². The fourth-order valence-electron chi connectivity index (χ4n) is 3.36. The topological polar surface area (TPSA) is 87.0 Å². The van der Waals surface area contributed by atoms with Crippen molar-refractivity contribution in [1.29, 1.82) is 0 Å². The van der Waals surface area contributed by atoms with Gasteiger partial charge in [-0.1, -0.05) is 12.1 Å². The van der Waals surface area contributed by atoms with Gasteiger partial charge in [-0.25, -0.2) is 4.98 Å². The lowest BCUT2D eigenvalue weighted by Crippen LogP contribution is -2.40. The summed E-state index contributed by atoms with van der Waals surface area (Å²) in [5.41, 5.74) is 2.57. The van der Waals surface area contributed by atoms with Crippen LogP contribution in [0.15, 0.2) is 16.9 Å². The molecule has 7 nitrogen and oxygen atoms in total. The zero-order valence-corrected chi connectivity index (χ0v) is 14.1. The molecule has 1 saturated carbocycles. The molecule has 7 heteroatoms. The average molecular weight is 329 g/mol. The lowest BCUT2D eigenvalue weighted by Gasteiger charge is -2.16. The molecule has 128 valence electrons. The quantitative estimate of drug-likeness (QED) is 0.874. The first-order chi connectivity index (χ1) is 11.6. The molecule has 4 rings (SSSR count). The second-order valence-electron chi connectivity index (χ2n) is 7.11. The number of hydrogen-bond acceptors (Lipinski definition) is 5. The normalized spacial score (nSPS) is 24.4. The first-order valence-corrected chi connectivity index (χ1v) is 8.59. The standard InChI is InChI=1S/C17H23N5O2/c1-10-6-22(8-15-11(2)18-9-19-15)7-14(10)20-17(23)13-5-16(24-21-13)12-3-4-12/h5,9-10,12,14H,3-4,6-8H2,1-2H3,(H,18,19)(H,20,23)/t10-,14-/m1/s1. The van der Waals surface area contributed by atoms with Gasteiger partial charge in [0.15, 0.2) is 5.69 Å². The third-order valence-corrected chi connectivity index (χ3v) is 5.06. The molecule has 0 unspecified atom stereocenters. The van der Waals surface area contributed by atoms with Crippen LogP contribution in [0.25, 0.3) is 0 Å². The Morgan fingerprint density at radius 2 is 2.29 bits per heavy atom. The number of aromatic nitrogens is 3. The predicted octanol–water partition coefficient (Wildman–Crippen LogP) is 1.83. The van der Waals surface area contributed by atoms with E-state index < -0.39 is 0 Å². The molecule has 2 aromatic rings. The van der Waals surface area contributed by atoms with E-state index in [0.29, 0.717) is 17.5 Å². The van der Waals surface area contributed by atoms with E-state index >= 15 is 0 Å². The highest BCUT2D eigenvalue weighted by molar-refractivity contribution is 5.92. The van der Waals surface area contributed by atoms with Crippen LogP contribution in [0.4, 0.5) is 0 Å². The molecular formula is C17H23N5O2. The van der Waals surface area contributed by atoms with Crippen LogP contribution in [0.1, 0.15) is 53.3 Å². The number of likely N-dealkylation sites (tertiary alicyclic amines) is 1. The summed E-state index contributed by atoms with van der Waals surface area (Å²) in [6.07, 6.45) is 4.00. The van der Waals surface area contributed by atoms with Crippen LogP contribution in [-0.4, -0.2) is 45.1 Å². The third kappa shape index (κ3) is 3.08. The van der Waals surface area contributed by atoms with Crippen molar-refractivity contribution in [1.82, 2.24) is 25.3 Å². The zero-order chi connectivity index (χ0) is 16.7. The molecule has 0 aromatic carbocycles. The highest BCUT2D eigenvalue weighted by atomic mass is 16.5. The van der Waals surface area contributed by atoms with Crippen molar-refractivity contribution in [3.63, 3.8) is 0 Å². The second-order valence-corrected chi connectivity index (χ2v) is 7.11. The minimum atomic E-state index is -0.137. The molecule has 2 aromatic heterocycles. The van der Waals surface area contributed by atoms with Crippen molar-refractivity contribution in [2.45, 2.75) is 45.2 Å². The van der Waals surface area contributed by atoms with Gasteiger partial charge in [0.1, 0.15) is 5.76 Å². The van der Waals surface area contributed by atoms with E-state index in [4.69, 9.17) is 4.52 Å². The van der Waals surface area contributed by atoms with E-state index in [0.717, 1.165) is 49.6 Å². The summed E-state index contributed by atoms with van der Waals surface area (Å²) in [4.78, 5) is 22.2. The van der Waals surface area contributed by atoms with Crippen molar-refractivity contribution in [3.05, 3.63) is 35.2 Å². The minimum absolute atomic E-state index is 0.127. The Balaban J connectivity index is 1.35. The lowest BCUT2D eigenvalue weighted by molar-refractivity contribution is 0.0922. The SMILES string of the molecule is Cc1nc[nH]c1CN1C[C@@H](C)[C@H](NC(=O)c2cc(C3CC3)on2)C1. The van der Waals surface area contributed by atoms with Gasteiger partial charge in [-0.05, 0) is 25.7 Å². The molecule has 0 bridgehead atoms. The maximum atomic E-state index is 12.4. The van der Waals surface area contributed by atoms with Gasteiger partial charge < -0.3 is 14.8 Å². The van der Waals surface area contributed by atoms with Crippen LogP contribution in [0.5, 0.6) is 0 Å². The van der Waals surface area contributed by atoms with Crippen LogP contribution in [0, 0.1) is 12.8 Å². The smallest absolute Gasteiger partial charge is 0.273 e. The van der Waals surface area contributed by atoms with E-state index in [9.17, 15) is 4.79 Å². The number of amides is 1. The summed E-state index contributed by atoms with van der Waals surface area (Å²) >= 11 is 0. The Labute approximate surface area is 140 Å². The predicted molar refractivity (Wildman–Crippen MR) is 87.5 cm³/mol. The Hall–Kier alpha value is -2.15. The van der Waals surface area contributed by atoms with Gasteiger partial charge in [-0.3, -0.25) is 9.69 Å². The van der Waals surface area contributed by atoms with E-state index in [2.05, 4.69) is 32.3 Å². The largest absolute Gasteiger partial charge is 0.360 e. The van der Waals surface area contributed by atoms with Crippen molar-refractivity contribution in [2.24, 2.45) is 5.92 Å². The van der Waals surface area contributed by atoms with E-state index in [1.807, 2.05) is 6.92 Å². The molecule has 3 heterocycles. The number of nitrogens with one attached hydrogen (secondary N) is 2. The highest BCUT2D eigenvalue weighted by Crippen LogP contribution is 2.40. The molecule has 1 aliphatic carbocycles. The fourth-order valence-corrected chi connectivity index (χ4v) is 3.36. The van der Waals surface area contributed by atoms with Gasteiger partial charge in [0.05, 0.1) is 17.7 Å². The Morgan fingerprint density at radius 1 is 1.46 bits per heavy atom. The molecule has 2 aliphatic rings. The molecule has 2 fully saturated rings. The van der Waals surface area contributed by atoms with Gasteiger partial charge in [-0.15, -0.1) is 0 Å². The maximum absolute atomic E-state index is 12.4. The van der Waals surface area contributed by atoms with Gasteiger partial charge in [0.2, 0.25) is 0 Å². The monoisotopic (exact) mass is 329 g/mol. The van der Waals surface area contributed by atoms with E-state index in [1.165, 1.54) is 0 Å². The third-order valence-electron chi connectivity index (χ3n) is 5.06. The summed E-state index contributed by atoms with van der Waals surface area (Å²) in [6, 6.07) is 1.92. The van der Waals surface area contributed by atoms with E-state index in [1.54, 1.807) is 12.4 Å².